The highest BCUT2D eigenvalue weighted by molar-refractivity contribution is 6.09. The van der Waals surface area contributed by atoms with E-state index < -0.39 is 0 Å². The molecule has 4 aromatic carbocycles. The third kappa shape index (κ3) is 6.33. The Kier molecular flexibility index (Phi) is 8.86. The second-order valence-corrected chi connectivity index (χ2v) is 14.9. The normalized spacial score (nSPS) is 12.6. The SMILES string of the molecule is CCCCc1cc(Oc2ccc3c4cc(C(C)C(C)(C)C)ccc4n(-c4cc(C)ccn4)c3c2)cc(-n2nc(C)c(-c3ccccc3)c2C)c1. The number of hydrogen-bond acceptors (Lipinski definition) is 3. The fourth-order valence-electron chi connectivity index (χ4n) is 7.14. The van der Waals surface area contributed by atoms with Gasteiger partial charge in [-0.2, -0.15) is 5.10 Å². The van der Waals surface area contributed by atoms with Crippen molar-refractivity contribution in [1.82, 2.24) is 19.3 Å². The van der Waals surface area contributed by atoms with Gasteiger partial charge in [-0.1, -0.05) is 77.4 Å². The molecular formula is C45H48N4O. The van der Waals surface area contributed by atoms with Crippen LogP contribution in [0.3, 0.4) is 0 Å². The van der Waals surface area contributed by atoms with E-state index >= 15 is 0 Å². The Morgan fingerprint density at radius 3 is 2.32 bits per heavy atom. The van der Waals surface area contributed by atoms with E-state index in [-0.39, 0.29) is 5.41 Å². The number of hydrogen-bond donors (Lipinski definition) is 0. The Labute approximate surface area is 296 Å². The number of ether oxygens (including phenoxy) is 1. The number of unbranched alkanes of at least 4 members (excludes halogenated alkanes) is 1. The van der Waals surface area contributed by atoms with E-state index in [2.05, 4.69) is 156 Å². The Morgan fingerprint density at radius 2 is 1.58 bits per heavy atom. The molecule has 0 saturated heterocycles. The third-order valence-electron chi connectivity index (χ3n) is 10.3. The molecule has 254 valence electrons. The van der Waals surface area contributed by atoms with Gasteiger partial charge in [0.1, 0.15) is 17.3 Å². The van der Waals surface area contributed by atoms with Gasteiger partial charge < -0.3 is 4.74 Å². The van der Waals surface area contributed by atoms with Crippen LogP contribution in [0.25, 0.3) is 44.4 Å². The van der Waals surface area contributed by atoms with Gasteiger partial charge in [0.05, 0.1) is 22.4 Å². The van der Waals surface area contributed by atoms with Crippen molar-refractivity contribution in [2.24, 2.45) is 5.41 Å². The van der Waals surface area contributed by atoms with Crippen molar-refractivity contribution < 1.29 is 4.74 Å². The van der Waals surface area contributed by atoms with Crippen LogP contribution in [-0.2, 0) is 6.42 Å². The lowest BCUT2D eigenvalue weighted by molar-refractivity contribution is 0.340. The molecule has 0 aliphatic heterocycles. The Bertz CT molecular complexity index is 2320. The highest BCUT2D eigenvalue weighted by atomic mass is 16.5. The van der Waals surface area contributed by atoms with Gasteiger partial charge in [-0.15, -0.1) is 0 Å². The standard InChI is InChI=1S/C45H48N4O/c1-9-10-14-33-24-36(49-32(5)44(31(4)47-49)34-15-12-11-13-16-34)27-38(25-33)50-37-18-19-39-40-26-35(30(3)45(6,7)8)17-20-41(40)48(42(39)28-37)43-23-29(2)21-22-46-43/h11-13,15-28,30H,9-10,14H2,1-8H3. The van der Waals surface area contributed by atoms with Crippen LogP contribution in [0.1, 0.15) is 81.5 Å². The van der Waals surface area contributed by atoms with Gasteiger partial charge in [0.25, 0.3) is 0 Å². The molecule has 3 aromatic heterocycles. The first-order valence-electron chi connectivity index (χ1n) is 18.0. The molecule has 0 radical (unpaired) electrons. The predicted molar refractivity (Wildman–Crippen MR) is 208 cm³/mol. The highest BCUT2D eigenvalue weighted by Gasteiger charge is 2.23. The number of pyridine rings is 1. The van der Waals surface area contributed by atoms with Crippen LogP contribution in [0.2, 0.25) is 0 Å². The van der Waals surface area contributed by atoms with E-state index in [1.54, 1.807) is 0 Å². The zero-order valence-corrected chi connectivity index (χ0v) is 30.7. The van der Waals surface area contributed by atoms with E-state index in [4.69, 9.17) is 14.8 Å². The van der Waals surface area contributed by atoms with Crippen LogP contribution in [0, 0.1) is 26.2 Å². The van der Waals surface area contributed by atoms with Gasteiger partial charge in [-0.05, 0) is 116 Å². The summed E-state index contributed by atoms with van der Waals surface area (Å²) in [7, 11) is 0. The van der Waals surface area contributed by atoms with Crippen molar-refractivity contribution in [2.75, 3.05) is 0 Å². The van der Waals surface area contributed by atoms with Gasteiger partial charge >= 0.3 is 0 Å². The highest BCUT2D eigenvalue weighted by Crippen LogP contribution is 2.40. The molecule has 0 amide bonds. The average molecular weight is 661 g/mol. The average Bonchev–Trinajstić information content (AvgIpc) is 3.58. The first kappa shape index (κ1) is 33.3. The molecule has 0 fully saturated rings. The molecule has 0 saturated carbocycles. The molecule has 0 aliphatic rings. The Balaban J connectivity index is 1.34. The van der Waals surface area contributed by atoms with E-state index in [0.717, 1.165) is 64.7 Å². The number of rotatable bonds is 9. The first-order valence-corrected chi connectivity index (χ1v) is 18.0. The summed E-state index contributed by atoms with van der Waals surface area (Å²) in [5.41, 5.74) is 11.6. The minimum absolute atomic E-state index is 0.159. The third-order valence-corrected chi connectivity index (χ3v) is 10.3. The van der Waals surface area contributed by atoms with Crippen molar-refractivity contribution >= 4 is 21.8 Å². The Hall–Kier alpha value is -5.16. The van der Waals surface area contributed by atoms with Crippen molar-refractivity contribution in [3.63, 3.8) is 0 Å². The summed E-state index contributed by atoms with van der Waals surface area (Å²) in [6, 6.07) is 34.7. The topological polar surface area (TPSA) is 44.9 Å². The van der Waals surface area contributed by atoms with Crippen LogP contribution >= 0.6 is 0 Å². The first-order chi connectivity index (χ1) is 24.0. The van der Waals surface area contributed by atoms with Gasteiger partial charge in [-0.3, -0.25) is 4.57 Å². The number of benzene rings is 4. The van der Waals surface area contributed by atoms with Crippen LogP contribution in [0.4, 0.5) is 0 Å². The lowest BCUT2D eigenvalue weighted by atomic mass is 9.77. The molecule has 7 aromatic rings. The van der Waals surface area contributed by atoms with E-state index in [1.165, 1.54) is 38.6 Å². The second-order valence-electron chi connectivity index (χ2n) is 14.9. The maximum atomic E-state index is 6.77. The number of aryl methyl sites for hydroxylation is 3. The monoisotopic (exact) mass is 660 g/mol. The molecular weight excluding hydrogens is 613 g/mol. The van der Waals surface area contributed by atoms with Crippen LogP contribution in [0.15, 0.2) is 103 Å². The molecule has 0 N–H and O–H groups in total. The molecule has 0 spiro atoms. The minimum Gasteiger partial charge on any atom is -0.457 e. The molecule has 0 bridgehead atoms. The summed E-state index contributed by atoms with van der Waals surface area (Å²) in [6.45, 7) is 17.9. The largest absolute Gasteiger partial charge is 0.457 e. The van der Waals surface area contributed by atoms with Crippen LogP contribution < -0.4 is 4.74 Å². The maximum Gasteiger partial charge on any atom is 0.137 e. The fraction of sp³-hybridized carbons (Fsp3) is 0.289. The molecule has 5 heteroatoms. The molecule has 50 heavy (non-hydrogen) atoms. The van der Waals surface area contributed by atoms with E-state index in [0.29, 0.717) is 5.92 Å². The lowest BCUT2D eigenvalue weighted by Crippen LogP contribution is -2.15. The van der Waals surface area contributed by atoms with Gasteiger partial charge in [-0.25, -0.2) is 9.67 Å². The van der Waals surface area contributed by atoms with Crippen molar-refractivity contribution in [3.8, 4) is 34.1 Å². The van der Waals surface area contributed by atoms with Crippen LogP contribution in [0.5, 0.6) is 11.5 Å². The summed E-state index contributed by atoms with van der Waals surface area (Å²) in [5, 5.41) is 7.44. The zero-order valence-electron chi connectivity index (χ0n) is 30.7. The number of fused-ring (bicyclic) bond motifs is 3. The van der Waals surface area contributed by atoms with Crippen molar-refractivity contribution in [3.05, 3.63) is 131 Å². The predicted octanol–water partition coefficient (Wildman–Crippen LogP) is 12.2. The molecule has 1 atom stereocenters. The maximum absolute atomic E-state index is 6.77. The van der Waals surface area contributed by atoms with Crippen molar-refractivity contribution in [1.29, 1.82) is 0 Å². The molecule has 1 unspecified atom stereocenters. The number of aromatic nitrogens is 4. The summed E-state index contributed by atoms with van der Waals surface area (Å²) < 4.78 is 11.1. The lowest BCUT2D eigenvalue weighted by Gasteiger charge is -2.27. The Morgan fingerprint density at radius 1 is 0.780 bits per heavy atom. The summed E-state index contributed by atoms with van der Waals surface area (Å²) in [6.07, 6.45) is 5.11. The molecule has 7 rings (SSSR count). The van der Waals surface area contributed by atoms with Crippen molar-refractivity contribution in [2.45, 2.75) is 80.6 Å². The summed E-state index contributed by atoms with van der Waals surface area (Å²) >= 11 is 0. The van der Waals surface area contributed by atoms with E-state index in [1.807, 2.05) is 12.3 Å². The molecule has 3 heterocycles. The molecule has 0 aliphatic carbocycles. The zero-order chi connectivity index (χ0) is 35.2. The van der Waals surface area contributed by atoms with Gasteiger partial charge in [0.15, 0.2) is 0 Å². The van der Waals surface area contributed by atoms with Crippen LogP contribution in [-0.4, -0.2) is 19.3 Å². The second kappa shape index (κ2) is 13.3. The quantitative estimate of drug-likeness (QED) is 0.155. The molecule has 5 nitrogen and oxygen atoms in total. The fourth-order valence-corrected chi connectivity index (χ4v) is 7.14. The minimum atomic E-state index is 0.159. The van der Waals surface area contributed by atoms with E-state index in [9.17, 15) is 0 Å². The summed E-state index contributed by atoms with van der Waals surface area (Å²) in [4.78, 5) is 4.83. The van der Waals surface area contributed by atoms with Gasteiger partial charge in [0, 0.05) is 40.4 Å². The van der Waals surface area contributed by atoms with Gasteiger partial charge in [0.2, 0.25) is 0 Å². The summed E-state index contributed by atoms with van der Waals surface area (Å²) in [5.74, 6) is 2.90. The number of nitrogens with zero attached hydrogens (tertiary/aromatic N) is 4. The smallest absolute Gasteiger partial charge is 0.137 e.